The molecule has 0 aliphatic heterocycles. The fourth-order valence-corrected chi connectivity index (χ4v) is 3.31. The van der Waals surface area contributed by atoms with Crippen molar-refractivity contribution >= 4 is 21.6 Å². The van der Waals surface area contributed by atoms with E-state index in [0.717, 1.165) is 18.4 Å². The lowest BCUT2D eigenvalue weighted by Crippen LogP contribution is -2.36. The van der Waals surface area contributed by atoms with Gasteiger partial charge in [-0.1, -0.05) is 38.1 Å². The molecule has 0 heterocycles. The standard InChI is InChI=1S/C20H23F3N2O3S/c1-13-8-9-14(10-17(13)25-29(4,27)28)18(26)24-12-19(2,3)15-6-5-7-16(11-15)20(21,22)23/h5-11,25H,12H2,1-4H3,(H,24,26). The Balaban J connectivity index is 2.17. The van der Waals surface area contributed by atoms with Crippen molar-refractivity contribution < 1.29 is 26.4 Å². The molecule has 0 saturated heterocycles. The Morgan fingerprint density at radius 1 is 1.03 bits per heavy atom. The first-order chi connectivity index (χ1) is 13.2. The predicted molar refractivity (Wildman–Crippen MR) is 106 cm³/mol. The number of sulfonamides is 1. The number of anilines is 1. The SMILES string of the molecule is Cc1ccc(C(=O)NCC(C)(C)c2cccc(C(F)(F)F)c2)cc1NS(C)(=O)=O. The van der Waals surface area contributed by atoms with E-state index in [1.807, 2.05) is 0 Å². The zero-order chi connectivity index (χ0) is 22.0. The zero-order valence-corrected chi connectivity index (χ0v) is 17.3. The maximum Gasteiger partial charge on any atom is 0.416 e. The second-order valence-corrected chi connectivity index (χ2v) is 9.30. The van der Waals surface area contributed by atoms with E-state index in [2.05, 4.69) is 10.0 Å². The number of carbonyl (C=O) groups excluding carboxylic acids is 1. The van der Waals surface area contributed by atoms with Gasteiger partial charge in [0.2, 0.25) is 10.0 Å². The van der Waals surface area contributed by atoms with Crippen molar-refractivity contribution in [3.63, 3.8) is 0 Å². The fraction of sp³-hybridized carbons (Fsp3) is 0.350. The lowest BCUT2D eigenvalue weighted by atomic mass is 9.83. The van der Waals surface area contributed by atoms with Crippen molar-refractivity contribution in [3.8, 4) is 0 Å². The number of hydrogen-bond acceptors (Lipinski definition) is 3. The third-order valence-electron chi connectivity index (χ3n) is 4.46. The monoisotopic (exact) mass is 428 g/mol. The van der Waals surface area contributed by atoms with Crippen LogP contribution in [0.1, 0.15) is 40.9 Å². The van der Waals surface area contributed by atoms with Gasteiger partial charge in [0.15, 0.2) is 0 Å². The minimum Gasteiger partial charge on any atom is -0.351 e. The molecule has 2 N–H and O–H groups in total. The molecule has 0 aliphatic rings. The molecule has 0 aromatic heterocycles. The van der Waals surface area contributed by atoms with Gasteiger partial charge in [0.05, 0.1) is 17.5 Å². The van der Waals surface area contributed by atoms with Gasteiger partial charge in [-0.15, -0.1) is 0 Å². The molecule has 0 atom stereocenters. The topological polar surface area (TPSA) is 75.3 Å². The van der Waals surface area contributed by atoms with Crippen molar-refractivity contribution in [2.45, 2.75) is 32.4 Å². The Hall–Kier alpha value is -2.55. The molecule has 0 fully saturated rings. The van der Waals surface area contributed by atoms with Crippen molar-refractivity contribution in [1.29, 1.82) is 0 Å². The predicted octanol–water partition coefficient (Wildman–Crippen LogP) is 4.09. The first-order valence-electron chi connectivity index (χ1n) is 8.73. The lowest BCUT2D eigenvalue weighted by molar-refractivity contribution is -0.137. The molecule has 0 aliphatic carbocycles. The summed E-state index contributed by atoms with van der Waals surface area (Å²) in [5, 5.41) is 2.71. The number of hydrogen-bond donors (Lipinski definition) is 2. The lowest BCUT2D eigenvalue weighted by Gasteiger charge is -2.26. The highest BCUT2D eigenvalue weighted by atomic mass is 32.2. The van der Waals surface area contributed by atoms with Crippen LogP contribution in [-0.4, -0.2) is 27.1 Å². The van der Waals surface area contributed by atoms with Gasteiger partial charge in [-0.2, -0.15) is 13.2 Å². The van der Waals surface area contributed by atoms with Crippen LogP contribution >= 0.6 is 0 Å². The number of carbonyl (C=O) groups is 1. The molecular formula is C20H23F3N2O3S. The summed E-state index contributed by atoms with van der Waals surface area (Å²) in [6, 6.07) is 9.58. The van der Waals surface area contributed by atoms with Crippen LogP contribution in [0.25, 0.3) is 0 Å². The van der Waals surface area contributed by atoms with Gasteiger partial charge in [-0.25, -0.2) is 8.42 Å². The third kappa shape index (κ3) is 6.22. The van der Waals surface area contributed by atoms with Crippen LogP contribution in [0.2, 0.25) is 0 Å². The van der Waals surface area contributed by atoms with Crippen LogP contribution in [0.5, 0.6) is 0 Å². The quantitative estimate of drug-likeness (QED) is 0.728. The number of amides is 1. The number of alkyl halides is 3. The second kappa shape index (κ2) is 8.06. The number of aryl methyl sites for hydroxylation is 1. The van der Waals surface area contributed by atoms with Gasteiger partial charge < -0.3 is 5.32 Å². The van der Waals surface area contributed by atoms with Gasteiger partial charge >= 0.3 is 6.18 Å². The van der Waals surface area contributed by atoms with Crippen molar-refractivity contribution in [2.24, 2.45) is 0 Å². The number of benzene rings is 2. The Morgan fingerprint density at radius 2 is 1.66 bits per heavy atom. The average Bonchev–Trinajstić information content (AvgIpc) is 2.60. The van der Waals surface area contributed by atoms with E-state index in [9.17, 15) is 26.4 Å². The smallest absolute Gasteiger partial charge is 0.351 e. The van der Waals surface area contributed by atoms with Gasteiger partial charge in [0, 0.05) is 17.5 Å². The van der Waals surface area contributed by atoms with Crippen LogP contribution in [0.15, 0.2) is 42.5 Å². The Labute approximate surface area is 168 Å². The molecule has 2 aromatic rings. The molecule has 158 valence electrons. The van der Waals surface area contributed by atoms with E-state index < -0.39 is 33.1 Å². The van der Waals surface area contributed by atoms with E-state index in [-0.39, 0.29) is 17.8 Å². The van der Waals surface area contributed by atoms with E-state index in [1.165, 1.54) is 12.1 Å². The Bertz CT molecular complexity index is 1020. The summed E-state index contributed by atoms with van der Waals surface area (Å²) in [7, 11) is -3.50. The molecule has 1 amide bonds. The van der Waals surface area contributed by atoms with Crippen LogP contribution < -0.4 is 10.0 Å². The van der Waals surface area contributed by atoms with E-state index in [4.69, 9.17) is 0 Å². The second-order valence-electron chi connectivity index (χ2n) is 7.55. The molecule has 0 unspecified atom stereocenters. The molecule has 9 heteroatoms. The maximum atomic E-state index is 13.0. The normalized spacial score (nSPS) is 12.5. The molecular weight excluding hydrogens is 405 g/mol. The maximum absolute atomic E-state index is 13.0. The number of nitrogens with one attached hydrogen (secondary N) is 2. The van der Waals surface area contributed by atoms with Gasteiger partial charge in [0.25, 0.3) is 5.91 Å². The van der Waals surface area contributed by atoms with Crippen LogP contribution in [0.3, 0.4) is 0 Å². The summed E-state index contributed by atoms with van der Waals surface area (Å²) in [5.74, 6) is -0.457. The molecule has 0 bridgehead atoms. The molecule has 0 radical (unpaired) electrons. The molecule has 5 nitrogen and oxygen atoms in total. The van der Waals surface area contributed by atoms with Gasteiger partial charge in [-0.3, -0.25) is 9.52 Å². The summed E-state index contributed by atoms with van der Waals surface area (Å²) in [5.41, 5.74) is 0.116. The van der Waals surface area contributed by atoms with E-state index in [1.54, 1.807) is 39.0 Å². The minimum absolute atomic E-state index is 0.0931. The number of halogens is 3. The molecule has 0 saturated carbocycles. The fourth-order valence-electron chi connectivity index (χ4n) is 2.69. The number of rotatable bonds is 6. The van der Waals surface area contributed by atoms with Crippen LogP contribution in [-0.2, 0) is 21.6 Å². The molecule has 0 spiro atoms. The Kier molecular flexibility index (Phi) is 6.32. The first-order valence-corrected chi connectivity index (χ1v) is 10.6. The van der Waals surface area contributed by atoms with E-state index >= 15 is 0 Å². The van der Waals surface area contributed by atoms with Crippen LogP contribution in [0, 0.1) is 6.92 Å². The highest BCUT2D eigenvalue weighted by Gasteiger charge is 2.32. The van der Waals surface area contributed by atoms with Gasteiger partial charge in [0.1, 0.15) is 0 Å². The summed E-state index contributed by atoms with van der Waals surface area (Å²) in [6.07, 6.45) is -3.43. The highest BCUT2D eigenvalue weighted by Crippen LogP contribution is 2.32. The van der Waals surface area contributed by atoms with Gasteiger partial charge in [-0.05, 0) is 36.2 Å². The van der Waals surface area contributed by atoms with Crippen molar-refractivity contribution in [1.82, 2.24) is 5.32 Å². The summed E-state index contributed by atoms with van der Waals surface area (Å²) in [4.78, 5) is 12.5. The first kappa shape index (κ1) is 22.7. The highest BCUT2D eigenvalue weighted by molar-refractivity contribution is 7.92. The summed E-state index contributed by atoms with van der Waals surface area (Å²) in [6.45, 7) is 5.25. The zero-order valence-electron chi connectivity index (χ0n) is 16.5. The molecule has 2 aromatic carbocycles. The van der Waals surface area contributed by atoms with E-state index in [0.29, 0.717) is 11.1 Å². The van der Waals surface area contributed by atoms with Crippen molar-refractivity contribution in [3.05, 3.63) is 64.7 Å². The molecule has 2 rings (SSSR count). The minimum atomic E-state index is -4.44. The summed E-state index contributed by atoms with van der Waals surface area (Å²) >= 11 is 0. The van der Waals surface area contributed by atoms with Crippen LogP contribution in [0.4, 0.5) is 18.9 Å². The average molecular weight is 428 g/mol. The summed E-state index contributed by atoms with van der Waals surface area (Å²) < 4.78 is 64.1. The Morgan fingerprint density at radius 3 is 2.24 bits per heavy atom. The largest absolute Gasteiger partial charge is 0.416 e. The van der Waals surface area contributed by atoms with Crippen molar-refractivity contribution in [2.75, 3.05) is 17.5 Å². The third-order valence-corrected chi connectivity index (χ3v) is 5.05. The molecule has 29 heavy (non-hydrogen) atoms.